The molecule has 3 rings (SSSR count). The Morgan fingerprint density at radius 2 is 1.39 bits per heavy atom. The fraction of sp³-hybridized carbons (Fsp3) is 0.160. The van der Waals surface area contributed by atoms with E-state index in [0.29, 0.717) is 22.4 Å². The van der Waals surface area contributed by atoms with Gasteiger partial charge in [-0.15, -0.1) is 0 Å². The Hall–Kier alpha value is -3.25. The van der Waals surface area contributed by atoms with Gasteiger partial charge in [0, 0.05) is 21.3 Å². The lowest BCUT2D eigenvalue weighted by Gasteiger charge is -2.08. The number of carbonyl (C=O) groups is 3. The second-order valence-electron chi connectivity index (χ2n) is 7.29. The number of amides is 1. The average molecular weight is 480 g/mol. The van der Waals surface area contributed by atoms with Crippen molar-refractivity contribution in [3.8, 4) is 0 Å². The average Bonchev–Trinajstić information content (AvgIpc) is 2.76. The number of halogens is 1. The van der Waals surface area contributed by atoms with Crippen molar-refractivity contribution in [3.05, 3.63) is 98.5 Å². The normalized spacial score (nSPS) is 10.5. The molecule has 1 N–H and O–H groups in total. The van der Waals surface area contributed by atoms with E-state index < -0.39 is 5.97 Å². The highest BCUT2D eigenvalue weighted by molar-refractivity contribution is 9.10. The van der Waals surface area contributed by atoms with E-state index in [1.807, 2.05) is 32.9 Å². The van der Waals surface area contributed by atoms with Crippen LogP contribution < -0.4 is 5.32 Å². The number of benzene rings is 3. The lowest BCUT2D eigenvalue weighted by Crippen LogP contribution is -2.15. The van der Waals surface area contributed by atoms with E-state index >= 15 is 0 Å². The van der Waals surface area contributed by atoms with Crippen LogP contribution in [0.2, 0.25) is 0 Å². The number of ketones is 1. The van der Waals surface area contributed by atoms with E-state index in [4.69, 9.17) is 4.74 Å². The first-order valence-electron chi connectivity index (χ1n) is 9.70. The summed E-state index contributed by atoms with van der Waals surface area (Å²) in [5.41, 5.74) is 5.01. The summed E-state index contributed by atoms with van der Waals surface area (Å²) in [6.45, 7) is 5.51. The first-order chi connectivity index (χ1) is 14.7. The third-order valence-corrected chi connectivity index (χ3v) is 5.83. The molecule has 0 bridgehead atoms. The predicted molar refractivity (Wildman–Crippen MR) is 124 cm³/mol. The Labute approximate surface area is 189 Å². The van der Waals surface area contributed by atoms with Gasteiger partial charge in [-0.2, -0.15) is 0 Å². The monoisotopic (exact) mass is 479 g/mol. The van der Waals surface area contributed by atoms with Crippen LogP contribution in [0.4, 0.5) is 5.69 Å². The van der Waals surface area contributed by atoms with Gasteiger partial charge in [-0.05, 0) is 79.9 Å². The molecule has 0 aromatic heterocycles. The number of Topliss-reactive ketones (excluding diaryl/α,β-unsaturated/α-hetero) is 1. The number of hydrogen-bond donors (Lipinski definition) is 1. The SMILES string of the molecule is Cc1ccc(C(=O)COC(=O)c2ccc(NC(=O)c3ccc(C)c(Br)c3)cc2)cc1C. The van der Waals surface area contributed by atoms with Crippen LogP contribution in [0.25, 0.3) is 0 Å². The number of carbonyl (C=O) groups excluding carboxylic acids is 3. The van der Waals surface area contributed by atoms with Gasteiger partial charge in [-0.1, -0.05) is 34.1 Å². The Kier molecular flexibility index (Phi) is 7.02. The fourth-order valence-electron chi connectivity index (χ4n) is 2.84. The smallest absolute Gasteiger partial charge is 0.338 e. The van der Waals surface area contributed by atoms with Crippen molar-refractivity contribution in [2.45, 2.75) is 20.8 Å². The summed E-state index contributed by atoms with van der Waals surface area (Å²) in [6, 6.07) is 17.1. The van der Waals surface area contributed by atoms with E-state index in [2.05, 4.69) is 21.2 Å². The Balaban J connectivity index is 1.58. The van der Waals surface area contributed by atoms with Crippen molar-refractivity contribution < 1.29 is 19.1 Å². The van der Waals surface area contributed by atoms with Crippen LogP contribution in [0.5, 0.6) is 0 Å². The van der Waals surface area contributed by atoms with E-state index in [0.717, 1.165) is 21.2 Å². The van der Waals surface area contributed by atoms with Gasteiger partial charge in [0.25, 0.3) is 5.91 Å². The van der Waals surface area contributed by atoms with Crippen LogP contribution in [-0.4, -0.2) is 24.3 Å². The van der Waals surface area contributed by atoms with Gasteiger partial charge in [-0.25, -0.2) is 4.79 Å². The minimum absolute atomic E-state index is 0.255. The number of ether oxygens (including phenoxy) is 1. The largest absolute Gasteiger partial charge is 0.454 e. The second-order valence-corrected chi connectivity index (χ2v) is 8.15. The molecule has 158 valence electrons. The topological polar surface area (TPSA) is 72.5 Å². The van der Waals surface area contributed by atoms with Crippen LogP contribution in [0.3, 0.4) is 0 Å². The molecular weight excluding hydrogens is 458 g/mol. The predicted octanol–water partition coefficient (Wildman–Crippen LogP) is 5.67. The number of nitrogens with one attached hydrogen (secondary N) is 1. The minimum atomic E-state index is -0.600. The molecule has 1 amide bonds. The maximum Gasteiger partial charge on any atom is 0.338 e. The van der Waals surface area contributed by atoms with Crippen LogP contribution >= 0.6 is 15.9 Å². The highest BCUT2D eigenvalue weighted by Crippen LogP contribution is 2.19. The van der Waals surface area contributed by atoms with E-state index in [1.165, 1.54) is 0 Å². The second kappa shape index (κ2) is 9.71. The zero-order chi connectivity index (χ0) is 22.5. The number of rotatable bonds is 6. The number of anilines is 1. The number of esters is 1. The quantitative estimate of drug-likeness (QED) is 0.365. The van der Waals surface area contributed by atoms with Crippen molar-refractivity contribution in [2.75, 3.05) is 11.9 Å². The molecule has 0 unspecified atom stereocenters. The van der Waals surface area contributed by atoms with Crippen molar-refractivity contribution in [1.82, 2.24) is 0 Å². The number of hydrogen-bond acceptors (Lipinski definition) is 4. The lowest BCUT2D eigenvalue weighted by molar-refractivity contribution is 0.0475. The molecule has 0 spiro atoms. The van der Waals surface area contributed by atoms with Crippen LogP contribution in [0, 0.1) is 20.8 Å². The van der Waals surface area contributed by atoms with Crippen LogP contribution in [0.15, 0.2) is 65.1 Å². The van der Waals surface area contributed by atoms with Gasteiger partial charge in [0.15, 0.2) is 12.4 Å². The summed E-state index contributed by atoms with van der Waals surface area (Å²) < 4.78 is 6.00. The molecular formula is C25H22BrNO4. The van der Waals surface area contributed by atoms with Gasteiger partial charge in [0.2, 0.25) is 0 Å². The Bertz CT molecular complexity index is 1150. The summed E-state index contributed by atoms with van der Waals surface area (Å²) in [5.74, 6) is -1.11. The van der Waals surface area contributed by atoms with Gasteiger partial charge in [0.05, 0.1) is 5.56 Å². The molecule has 0 aliphatic heterocycles. The highest BCUT2D eigenvalue weighted by Gasteiger charge is 2.13. The Morgan fingerprint density at radius 1 is 0.774 bits per heavy atom. The maximum atomic E-state index is 12.4. The van der Waals surface area contributed by atoms with E-state index in [-0.39, 0.29) is 18.3 Å². The summed E-state index contributed by atoms with van der Waals surface area (Å²) in [4.78, 5) is 36.9. The molecule has 0 saturated heterocycles. The molecule has 0 aliphatic carbocycles. The lowest BCUT2D eigenvalue weighted by atomic mass is 10.0. The van der Waals surface area contributed by atoms with Gasteiger partial charge in [-0.3, -0.25) is 9.59 Å². The fourth-order valence-corrected chi connectivity index (χ4v) is 3.22. The van der Waals surface area contributed by atoms with Crippen molar-refractivity contribution in [2.24, 2.45) is 0 Å². The Morgan fingerprint density at radius 3 is 2.03 bits per heavy atom. The van der Waals surface area contributed by atoms with E-state index in [9.17, 15) is 14.4 Å². The molecule has 0 heterocycles. The molecule has 3 aromatic carbocycles. The van der Waals surface area contributed by atoms with Crippen molar-refractivity contribution in [3.63, 3.8) is 0 Å². The minimum Gasteiger partial charge on any atom is -0.454 e. The first kappa shape index (κ1) is 22.4. The van der Waals surface area contributed by atoms with Crippen LogP contribution in [0.1, 0.15) is 47.8 Å². The van der Waals surface area contributed by atoms with Gasteiger partial charge < -0.3 is 10.1 Å². The molecule has 6 heteroatoms. The summed E-state index contributed by atoms with van der Waals surface area (Å²) >= 11 is 3.42. The van der Waals surface area contributed by atoms with Crippen LogP contribution in [-0.2, 0) is 4.74 Å². The summed E-state index contributed by atoms with van der Waals surface area (Å²) in [7, 11) is 0. The zero-order valence-corrected chi connectivity index (χ0v) is 19.1. The molecule has 0 saturated carbocycles. The first-order valence-corrected chi connectivity index (χ1v) is 10.5. The molecule has 0 fully saturated rings. The molecule has 0 radical (unpaired) electrons. The number of aryl methyl sites for hydroxylation is 3. The molecule has 0 atom stereocenters. The van der Waals surface area contributed by atoms with Gasteiger partial charge in [0.1, 0.15) is 0 Å². The van der Waals surface area contributed by atoms with Crippen molar-refractivity contribution >= 4 is 39.3 Å². The van der Waals surface area contributed by atoms with Gasteiger partial charge >= 0.3 is 5.97 Å². The third-order valence-electron chi connectivity index (χ3n) is 4.98. The molecule has 31 heavy (non-hydrogen) atoms. The molecule has 5 nitrogen and oxygen atoms in total. The van der Waals surface area contributed by atoms with Crippen molar-refractivity contribution in [1.29, 1.82) is 0 Å². The standard InChI is InChI=1S/C25H22BrNO4/c1-15-4-6-19(12-17(15)3)23(28)14-31-25(30)18-8-10-21(11-9-18)27-24(29)20-7-5-16(2)22(26)13-20/h4-13H,14H2,1-3H3,(H,27,29). The zero-order valence-electron chi connectivity index (χ0n) is 17.5. The summed E-state index contributed by atoms with van der Waals surface area (Å²) in [6.07, 6.45) is 0. The summed E-state index contributed by atoms with van der Waals surface area (Å²) in [5, 5.41) is 2.79. The molecule has 3 aromatic rings. The van der Waals surface area contributed by atoms with E-state index in [1.54, 1.807) is 48.5 Å². The highest BCUT2D eigenvalue weighted by atomic mass is 79.9. The maximum absolute atomic E-state index is 12.4. The third kappa shape index (κ3) is 5.67. The molecule has 0 aliphatic rings.